The highest BCUT2D eigenvalue weighted by Crippen LogP contribution is 2.34. The average Bonchev–Trinajstić information content (AvgIpc) is 3.19. The molecular formula is C17H18N4O2S3. The van der Waals surface area contributed by atoms with Crippen LogP contribution in [0.2, 0.25) is 0 Å². The second-order valence-electron chi connectivity index (χ2n) is 6.26. The minimum atomic E-state index is -0.149. The molecule has 1 amide bonds. The second kappa shape index (κ2) is 7.13. The molecule has 136 valence electrons. The predicted octanol–water partition coefficient (Wildman–Crippen LogP) is 3.37. The summed E-state index contributed by atoms with van der Waals surface area (Å²) in [5.74, 6) is 0.0411. The first kappa shape index (κ1) is 17.7. The molecule has 3 aromatic rings. The number of thiophene rings is 1. The third kappa shape index (κ3) is 3.30. The lowest BCUT2D eigenvalue weighted by molar-refractivity contribution is -0.113. The van der Waals surface area contributed by atoms with Crippen LogP contribution in [-0.2, 0) is 24.7 Å². The highest BCUT2D eigenvalue weighted by Gasteiger charge is 2.21. The van der Waals surface area contributed by atoms with E-state index in [4.69, 9.17) is 0 Å². The number of hydrogen-bond acceptors (Lipinski definition) is 7. The van der Waals surface area contributed by atoms with Crippen molar-refractivity contribution in [2.45, 2.75) is 37.8 Å². The van der Waals surface area contributed by atoms with E-state index >= 15 is 0 Å². The number of anilines is 1. The summed E-state index contributed by atoms with van der Waals surface area (Å²) in [5, 5.41) is 4.73. The van der Waals surface area contributed by atoms with Crippen molar-refractivity contribution in [2.75, 3.05) is 11.1 Å². The fourth-order valence-corrected chi connectivity index (χ4v) is 5.85. The quantitative estimate of drug-likeness (QED) is 0.531. The number of nitrogens with one attached hydrogen (secondary N) is 1. The Morgan fingerprint density at radius 1 is 1.35 bits per heavy atom. The van der Waals surface area contributed by atoms with E-state index in [2.05, 4.69) is 15.3 Å². The van der Waals surface area contributed by atoms with Crippen LogP contribution in [0.5, 0.6) is 0 Å². The fraction of sp³-hybridized carbons (Fsp3) is 0.412. The molecule has 0 saturated carbocycles. The van der Waals surface area contributed by atoms with Gasteiger partial charge in [0.2, 0.25) is 5.91 Å². The number of thiazole rings is 1. The Labute approximate surface area is 162 Å². The molecule has 0 atom stereocenters. The van der Waals surface area contributed by atoms with Gasteiger partial charge in [0.15, 0.2) is 10.3 Å². The van der Waals surface area contributed by atoms with Crippen molar-refractivity contribution in [2.24, 2.45) is 7.05 Å². The lowest BCUT2D eigenvalue weighted by atomic mass is 9.97. The van der Waals surface area contributed by atoms with Gasteiger partial charge in [-0.1, -0.05) is 11.8 Å². The Hall–Kier alpha value is -1.71. The van der Waals surface area contributed by atoms with Crippen molar-refractivity contribution in [3.8, 4) is 0 Å². The van der Waals surface area contributed by atoms with Crippen molar-refractivity contribution >= 4 is 55.7 Å². The maximum atomic E-state index is 12.8. The Balaban J connectivity index is 1.56. The van der Waals surface area contributed by atoms with Gasteiger partial charge in [-0.25, -0.2) is 9.97 Å². The van der Waals surface area contributed by atoms with Gasteiger partial charge in [-0.05, 0) is 38.2 Å². The highest BCUT2D eigenvalue weighted by atomic mass is 32.2. The van der Waals surface area contributed by atoms with Gasteiger partial charge in [0.25, 0.3) is 5.56 Å². The molecule has 0 saturated heterocycles. The highest BCUT2D eigenvalue weighted by molar-refractivity contribution is 7.99. The van der Waals surface area contributed by atoms with Gasteiger partial charge < -0.3 is 5.32 Å². The molecule has 0 bridgehead atoms. The lowest BCUT2D eigenvalue weighted by Crippen LogP contribution is -2.21. The first-order valence-corrected chi connectivity index (χ1v) is 11.0. The third-order valence-electron chi connectivity index (χ3n) is 4.36. The van der Waals surface area contributed by atoms with Crippen LogP contribution < -0.4 is 10.9 Å². The molecule has 3 heterocycles. The third-order valence-corrected chi connectivity index (χ3v) is 7.40. The summed E-state index contributed by atoms with van der Waals surface area (Å²) >= 11 is 4.35. The predicted molar refractivity (Wildman–Crippen MR) is 108 cm³/mol. The van der Waals surface area contributed by atoms with Gasteiger partial charge in [0.1, 0.15) is 4.83 Å². The number of thioether (sulfide) groups is 1. The number of rotatable bonds is 4. The molecule has 1 aliphatic carbocycles. The smallest absolute Gasteiger partial charge is 0.262 e. The number of hydrogen-bond donors (Lipinski definition) is 1. The molecule has 4 rings (SSSR count). The first-order chi connectivity index (χ1) is 12.5. The second-order valence-corrected chi connectivity index (χ2v) is 9.52. The van der Waals surface area contributed by atoms with Crippen molar-refractivity contribution < 1.29 is 4.79 Å². The zero-order valence-corrected chi connectivity index (χ0v) is 16.9. The lowest BCUT2D eigenvalue weighted by Gasteiger charge is -2.10. The van der Waals surface area contributed by atoms with Crippen molar-refractivity contribution in [1.82, 2.24) is 14.5 Å². The van der Waals surface area contributed by atoms with E-state index in [0.717, 1.165) is 34.4 Å². The Morgan fingerprint density at radius 3 is 2.92 bits per heavy atom. The number of amides is 1. The summed E-state index contributed by atoms with van der Waals surface area (Å²) in [6, 6.07) is 0. The van der Waals surface area contributed by atoms with E-state index in [1.54, 1.807) is 29.1 Å². The topological polar surface area (TPSA) is 76.9 Å². The summed E-state index contributed by atoms with van der Waals surface area (Å²) in [4.78, 5) is 36.9. The summed E-state index contributed by atoms with van der Waals surface area (Å²) in [7, 11) is 1.73. The molecule has 1 aliphatic rings. The normalized spacial score (nSPS) is 13.8. The summed E-state index contributed by atoms with van der Waals surface area (Å²) < 4.78 is 1.56. The molecule has 0 aromatic carbocycles. The number of nitrogens with zero attached hydrogens (tertiary/aromatic N) is 3. The number of aromatic nitrogens is 3. The Bertz CT molecular complexity index is 1050. The van der Waals surface area contributed by atoms with E-state index in [-0.39, 0.29) is 17.2 Å². The molecular weight excluding hydrogens is 388 g/mol. The molecule has 0 spiro atoms. The molecule has 0 radical (unpaired) electrons. The average molecular weight is 407 g/mol. The van der Waals surface area contributed by atoms with E-state index in [1.165, 1.54) is 40.0 Å². The SMILES string of the molecule is Cc1cnc(NC(=O)CSc2nc3sc4c(c3c(=O)n2C)CCCC4)s1. The molecule has 9 heteroatoms. The molecule has 1 N–H and O–H groups in total. The largest absolute Gasteiger partial charge is 0.301 e. The zero-order valence-electron chi connectivity index (χ0n) is 14.5. The Morgan fingerprint density at radius 2 is 2.15 bits per heavy atom. The number of carbonyl (C=O) groups is 1. The van der Waals surface area contributed by atoms with Crippen LogP contribution in [-0.4, -0.2) is 26.2 Å². The number of carbonyl (C=O) groups excluding carboxylic acids is 1. The minimum Gasteiger partial charge on any atom is -0.301 e. The van der Waals surface area contributed by atoms with E-state index < -0.39 is 0 Å². The maximum Gasteiger partial charge on any atom is 0.262 e. The summed E-state index contributed by atoms with van der Waals surface area (Å²) in [6.07, 6.45) is 6.05. The maximum absolute atomic E-state index is 12.8. The van der Waals surface area contributed by atoms with Crippen molar-refractivity contribution in [1.29, 1.82) is 0 Å². The monoisotopic (exact) mass is 406 g/mol. The van der Waals surface area contributed by atoms with Crippen LogP contribution in [0.15, 0.2) is 16.1 Å². The van der Waals surface area contributed by atoms with Crippen LogP contribution >= 0.6 is 34.4 Å². The Kier molecular flexibility index (Phi) is 4.85. The van der Waals surface area contributed by atoms with Crippen LogP contribution in [0, 0.1) is 6.92 Å². The standard InChI is InChI=1S/C17H18N4O2S3/c1-9-7-18-16(25-9)19-12(22)8-24-17-20-14-13(15(23)21(17)2)10-5-3-4-6-11(10)26-14/h7H,3-6,8H2,1-2H3,(H,18,19,22). The van der Waals surface area contributed by atoms with Gasteiger partial charge in [-0.15, -0.1) is 22.7 Å². The van der Waals surface area contributed by atoms with Crippen LogP contribution in [0.1, 0.15) is 28.2 Å². The molecule has 26 heavy (non-hydrogen) atoms. The minimum absolute atomic E-state index is 0.00661. The van der Waals surface area contributed by atoms with Gasteiger partial charge in [-0.3, -0.25) is 14.2 Å². The number of fused-ring (bicyclic) bond motifs is 3. The molecule has 0 unspecified atom stereocenters. The van der Waals surface area contributed by atoms with Gasteiger partial charge in [0.05, 0.1) is 11.1 Å². The van der Waals surface area contributed by atoms with E-state index in [9.17, 15) is 9.59 Å². The summed E-state index contributed by atoms with van der Waals surface area (Å²) in [6.45, 7) is 1.94. The molecule has 0 fully saturated rings. The van der Waals surface area contributed by atoms with Crippen LogP contribution in [0.3, 0.4) is 0 Å². The zero-order chi connectivity index (χ0) is 18.3. The first-order valence-electron chi connectivity index (χ1n) is 8.39. The number of aryl methyl sites for hydroxylation is 3. The fourth-order valence-electron chi connectivity index (χ4n) is 3.09. The summed E-state index contributed by atoms with van der Waals surface area (Å²) in [5.41, 5.74) is 1.19. The van der Waals surface area contributed by atoms with E-state index in [1.807, 2.05) is 6.92 Å². The van der Waals surface area contributed by atoms with Gasteiger partial charge in [0, 0.05) is 23.0 Å². The van der Waals surface area contributed by atoms with Crippen molar-refractivity contribution in [3.63, 3.8) is 0 Å². The van der Waals surface area contributed by atoms with Crippen molar-refractivity contribution in [3.05, 3.63) is 31.9 Å². The molecule has 6 nitrogen and oxygen atoms in total. The van der Waals surface area contributed by atoms with Gasteiger partial charge >= 0.3 is 0 Å². The molecule has 3 aromatic heterocycles. The van der Waals surface area contributed by atoms with Crippen LogP contribution in [0.25, 0.3) is 10.2 Å². The van der Waals surface area contributed by atoms with E-state index in [0.29, 0.717) is 10.3 Å². The van der Waals surface area contributed by atoms with Crippen LogP contribution in [0.4, 0.5) is 5.13 Å². The van der Waals surface area contributed by atoms with Gasteiger partial charge in [-0.2, -0.15) is 0 Å². The molecule has 0 aliphatic heterocycles.